The molecule has 0 aliphatic carbocycles. The lowest BCUT2D eigenvalue weighted by Gasteiger charge is -2.35. The Morgan fingerprint density at radius 1 is 1.38 bits per heavy atom. The standard InChI is InChI=1S/C16H27N3O2/c1-7-17-15-9-8-14(19(20)21)10-13(15)11-18(6)12(2)16(3,4)5/h8-10,12,17H,7,11H2,1-6H3. The molecule has 5 nitrogen and oxygen atoms in total. The lowest BCUT2D eigenvalue weighted by molar-refractivity contribution is -0.384. The van der Waals surface area contributed by atoms with Crippen LogP contribution in [0.1, 0.15) is 40.2 Å². The molecule has 118 valence electrons. The molecule has 0 amide bonds. The van der Waals surface area contributed by atoms with E-state index in [1.807, 2.05) is 6.92 Å². The summed E-state index contributed by atoms with van der Waals surface area (Å²) in [7, 11) is 2.06. The average Bonchev–Trinajstić information content (AvgIpc) is 2.38. The van der Waals surface area contributed by atoms with Crippen LogP contribution in [0.5, 0.6) is 0 Å². The summed E-state index contributed by atoms with van der Waals surface area (Å²) >= 11 is 0. The predicted octanol–water partition coefficient (Wildman–Crippen LogP) is 3.89. The molecule has 1 unspecified atom stereocenters. The molecule has 0 saturated carbocycles. The second-order valence-corrected chi connectivity index (χ2v) is 6.59. The summed E-state index contributed by atoms with van der Waals surface area (Å²) in [6.45, 7) is 12.3. The monoisotopic (exact) mass is 293 g/mol. The minimum atomic E-state index is -0.341. The molecule has 1 atom stereocenters. The summed E-state index contributed by atoms with van der Waals surface area (Å²) in [5.74, 6) is 0. The van der Waals surface area contributed by atoms with Gasteiger partial charge in [0, 0.05) is 37.0 Å². The molecule has 21 heavy (non-hydrogen) atoms. The molecule has 0 heterocycles. The molecule has 1 aromatic carbocycles. The molecule has 0 aromatic heterocycles. The zero-order valence-electron chi connectivity index (χ0n) is 13.9. The minimum Gasteiger partial charge on any atom is -0.385 e. The Morgan fingerprint density at radius 2 is 2.00 bits per heavy atom. The second kappa shape index (κ2) is 6.89. The molecular formula is C16H27N3O2. The van der Waals surface area contributed by atoms with Crippen molar-refractivity contribution in [2.24, 2.45) is 5.41 Å². The van der Waals surface area contributed by atoms with Gasteiger partial charge in [-0.15, -0.1) is 0 Å². The van der Waals surface area contributed by atoms with Gasteiger partial charge < -0.3 is 5.32 Å². The van der Waals surface area contributed by atoms with E-state index < -0.39 is 0 Å². The van der Waals surface area contributed by atoms with E-state index in [0.717, 1.165) is 17.8 Å². The molecule has 0 radical (unpaired) electrons. The molecule has 1 aromatic rings. The highest BCUT2D eigenvalue weighted by atomic mass is 16.6. The first-order valence-electron chi connectivity index (χ1n) is 7.38. The Morgan fingerprint density at radius 3 is 2.48 bits per heavy atom. The van der Waals surface area contributed by atoms with E-state index in [4.69, 9.17) is 0 Å². The van der Waals surface area contributed by atoms with Crippen LogP contribution >= 0.6 is 0 Å². The van der Waals surface area contributed by atoms with Gasteiger partial charge in [0.25, 0.3) is 5.69 Å². The van der Waals surface area contributed by atoms with Gasteiger partial charge in [-0.05, 0) is 37.9 Å². The quantitative estimate of drug-likeness (QED) is 0.638. The summed E-state index contributed by atoms with van der Waals surface area (Å²) < 4.78 is 0. The van der Waals surface area contributed by atoms with E-state index in [2.05, 4.69) is 45.0 Å². The van der Waals surface area contributed by atoms with Crippen molar-refractivity contribution in [3.05, 3.63) is 33.9 Å². The largest absolute Gasteiger partial charge is 0.385 e. The van der Waals surface area contributed by atoms with Crippen molar-refractivity contribution >= 4 is 11.4 Å². The predicted molar refractivity (Wildman–Crippen MR) is 87.6 cm³/mol. The number of nitrogens with one attached hydrogen (secondary N) is 1. The van der Waals surface area contributed by atoms with Crippen LogP contribution in [0.2, 0.25) is 0 Å². The van der Waals surface area contributed by atoms with Gasteiger partial charge in [0.15, 0.2) is 0 Å². The SMILES string of the molecule is CCNc1ccc([N+](=O)[O-])cc1CN(C)C(C)C(C)(C)C. The Hall–Kier alpha value is -1.62. The summed E-state index contributed by atoms with van der Waals surface area (Å²) in [6, 6.07) is 5.39. The van der Waals surface area contributed by atoms with Crippen molar-refractivity contribution in [3.8, 4) is 0 Å². The number of rotatable bonds is 6. The molecule has 0 spiro atoms. The van der Waals surface area contributed by atoms with Gasteiger partial charge in [-0.2, -0.15) is 0 Å². The second-order valence-electron chi connectivity index (χ2n) is 6.59. The molecule has 5 heteroatoms. The highest BCUT2D eigenvalue weighted by Gasteiger charge is 2.24. The van der Waals surface area contributed by atoms with Gasteiger partial charge in [-0.3, -0.25) is 15.0 Å². The molecule has 1 N–H and O–H groups in total. The number of nitro benzene ring substituents is 1. The zero-order valence-corrected chi connectivity index (χ0v) is 13.9. The van der Waals surface area contributed by atoms with Gasteiger partial charge in [0.05, 0.1) is 4.92 Å². The maximum absolute atomic E-state index is 11.0. The van der Waals surface area contributed by atoms with Gasteiger partial charge in [0.1, 0.15) is 0 Å². The van der Waals surface area contributed by atoms with Crippen LogP contribution in [0.15, 0.2) is 18.2 Å². The summed E-state index contributed by atoms with van der Waals surface area (Å²) in [6.07, 6.45) is 0. The molecular weight excluding hydrogens is 266 g/mol. The first-order valence-corrected chi connectivity index (χ1v) is 7.38. The van der Waals surface area contributed by atoms with Crippen molar-refractivity contribution in [1.29, 1.82) is 0 Å². The maximum Gasteiger partial charge on any atom is 0.269 e. The Balaban J connectivity index is 3.03. The fourth-order valence-corrected chi connectivity index (χ4v) is 2.25. The number of nitro groups is 1. The van der Waals surface area contributed by atoms with Crippen molar-refractivity contribution < 1.29 is 4.92 Å². The molecule has 0 fully saturated rings. The van der Waals surface area contributed by atoms with Crippen molar-refractivity contribution in [2.75, 3.05) is 18.9 Å². The van der Waals surface area contributed by atoms with E-state index in [0.29, 0.717) is 12.6 Å². The fraction of sp³-hybridized carbons (Fsp3) is 0.625. The normalized spacial score (nSPS) is 13.3. The first kappa shape index (κ1) is 17.4. The third kappa shape index (κ3) is 4.70. The number of benzene rings is 1. The van der Waals surface area contributed by atoms with E-state index in [-0.39, 0.29) is 16.0 Å². The Bertz CT molecular complexity index is 495. The topological polar surface area (TPSA) is 58.4 Å². The summed E-state index contributed by atoms with van der Waals surface area (Å²) in [5, 5.41) is 14.2. The molecule has 0 saturated heterocycles. The number of anilines is 1. The highest BCUT2D eigenvalue weighted by molar-refractivity contribution is 5.56. The van der Waals surface area contributed by atoms with Crippen LogP contribution < -0.4 is 5.32 Å². The summed E-state index contributed by atoms with van der Waals surface area (Å²) in [5.41, 5.74) is 2.23. The van der Waals surface area contributed by atoms with Crippen LogP contribution in [-0.4, -0.2) is 29.5 Å². The smallest absolute Gasteiger partial charge is 0.269 e. The highest BCUT2D eigenvalue weighted by Crippen LogP contribution is 2.27. The van der Waals surface area contributed by atoms with E-state index in [1.165, 1.54) is 0 Å². The number of hydrogen-bond donors (Lipinski definition) is 1. The lowest BCUT2D eigenvalue weighted by Crippen LogP contribution is -2.38. The Labute approximate surface area is 127 Å². The van der Waals surface area contributed by atoms with Crippen LogP contribution in [0.3, 0.4) is 0 Å². The van der Waals surface area contributed by atoms with Crippen LogP contribution in [0.25, 0.3) is 0 Å². The van der Waals surface area contributed by atoms with E-state index in [9.17, 15) is 10.1 Å². The maximum atomic E-state index is 11.0. The molecule has 0 aliphatic heterocycles. The molecule has 1 rings (SSSR count). The van der Waals surface area contributed by atoms with Crippen molar-refractivity contribution in [2.45, 2.75) is 47.2 Å². The van der Waals surface area contributed by atoms with Crippen molar-refractivity contribution in [3.63, 3.8) is 0 Å². The van der Waals surface area contributed by atoms with Crippen molar-refractivity contribution in [1.82, 2.24) is 4.90 Å². The third-order valence-electron chi connectivity index (χ3n) is 4.00. The van der Waals surface area contributed by atoms with Gasteiger partial charge in [-0.1, -0.05) is 20.8 Å². The van der Waals surface area contributed by atoms with Crippen LogP contribution in [0, 0.1) is 15.5 Å². The van der Waals surface area contributed by atoms with Gasteiger partial charge in [0.2, 0.25) is 0 Å². The van der Waals surface area contributed by atoms with E-state index in [1.54, 1.807) is 18.2 Å². The summed E-state index contributed by atoms with van der Waals surface area (Å²) in [4.78, 5) is 12.9. The fourth-order valence-electron chi connectivity index (χ4n) is 2.25. The zero-order chi connectivity index (χ0) is 16.2. The number of non-ortho nitro benzene ring substituents is 1. The minimum absolute atomic E-state index is 0.142. The molecule has 0 bridgehead atoms. The first-order chi connectivity index (χ1) is 9.66. The Kier molecular flexibility index (Phi) is 5.72. The van der Waals surface area contributed by atoms with Gasteiger partial charge in [-0.25, -0.2) is 0 Å². The lowest BCUT2D eigenvalue weighted by atomic mass is 9.87. The van der Waals surface area contributed by atoms with Crippen LogP contribution in [-0.2, 0) is 6.54 Å². The number of hydrogen-bond acceptors (Lipinski definition) is 4. The van der Waals surface area contributed by atoms with E-state index >= 15 is 0 Å². The van der Waals surface area contributed by atoms with Crippen LogP contribution in [0.4, 0.5) is 11.4 Å². The molecule has 0 aliphatic rings. The number of nitrogens with zero attached hydrogens (tertiary/aromatic N) is 2. The van der Waals surface area contributed by atoms with Gasteiger partial charge >= 0.3 is 0 Å². The average molecular weight is 293 g/mol. The third-order valence-corrected chi connectivity index (χ3v) is 4.00.